The fraction of sp³-hybridized carbons (Fsp3) is 0.357. The van der Waals surface area contributed by atoms with Gasteiger partial charge < -0.3 is 15.2 Å². The second kappa shape index (κ2) is 11.9. The predicted octanol–water partition coefficient (Wildman–Crippen LogP) is 6.93. The van der Waals surface area contributed by atoms with Crippen LogP contribution in [0, 0.1) is 18.3 Å². The van der Waals surface area contributed by atoms with Gasteiger partial charge in [0.15, 0.2) is 0 Å². The average molecular weight is 444 g/mol. The molecule has 3 aromatic rings. The molecule has 0 aliphatic heterocycles. The smallest absolute Gasteiger partial charge is 0.142 e. The molecule has 0 saturated carbocycles. The van der Waals surface area contributed by atoms with Crippen molar-refractivity contribution < 1.29 is 9.47 Å². The lowest BCUT2D eigenvalue weighted by atomic mass is 9.90. The number of anilines is 1. The van der Waals surface area contributed by atoms with Gasteiger partial charge in [0.2, 0.25) is 0 Å². The van der Waals surface area contributed by atoms with Gasteiger partial charge in [-0.25, -0.2) is 4.98 Å². The minimum atomic E-state index is 0.241. The van der Waals surface area contributed by atoms with Crippen LogP contribution in [0.15, 0.2) is 48.5 Å². The number of nitrogens with two attached hydrogens (primary N) is 1. The van der Waals surface area contributed by atoms with E-state index in [9.17, 15) is 5.26 Å². The molecule has 5 nitrogen and oxygen atoms in total. The van der Waals surface area contributed by atoms with Gasteiger partial charge in [-0.3, -0.25) is 0 Å². The molecule has 0 spiro atoms. The lowest BCUT2D eigenvalue weighted by molar-refractivity contribution is 0.304. The number of nitrogen functional groups attached to an aromatic ring is 1. The fourth-order valence-corrected chi connectivity index (χ4v) is 4.03. The topological polar surface area (TPSA) is 81.2 Å². The molecule has 0 aliphatic carbocycles. The number of hydrogen-bond donors (Lipinski definition) is 1. The molecular weight excluding hydrogens is 410 g/mol. The maximum atomic E-state index is 9.87. The number of nitriles is 1. The van der Waals surface area contributed by atoms with Gasteiger partial charge in [0, 0.05) is 16.8 Å². The number of nitrogens with zero attached hydrogens (tertiary/aromatic N) is 2. The Morgan fingerprint density at radius 2 is 1.42 bits per heavy atom. The molecule has 0 bridgehead atoms. The first-order valence-corrected chi connectivity index (χ1v) is 11.7. The van der Waals surface area contributed by atoms with Gasteiger partial charge in [-0.2, -0.15) is 5.26 Å². The maximum absolute atomic E-state index is 9.87. The molecule has 5 heteroatoms. The Labute approximate surface area is 197 Å². The number of aryl methyl sites for hydroxylation is 1. The van der Waals surface area contributed by atoms with Crippen LogP contribution in [0.4, 0.5) is 5.82 Å². The van der Waals surface area contributed by atoms with Gasteiger partial charge in [0.05, 0.1) is 13.7 Å². The van der Waals surface area contributed by atoms with Crippen molar-refractivity contribution >= 4 is 5.82 Å². The van der Waals surface area contributed by atoms with Gasteiger partial charge in [0.1, 0.15) is 28.9 Å². The van der Waals surface area contributed by atoms with E-state index in [4.69, 9.17) is 15.2 Å². The minimum Gasteiger partial charge on any atom is -0.497 e. The van der Waals surface area contributed by atoms with Crippen molar-refractivity contribution in [3.8, 4) is 39.8 Å². The van der Waals surface area contributed by atoms with Crippen molar-refractivity contribution in [3.05, 3.63) is 59.8 Å². The van der Waals surface area contributed by atoms with Gasteiger partial charge in [-0.15, -0.1) is 0 Å². The minimum absolute atomic E-state index is 0.241. The molecule has 1 heterocycles. The van der Waals surface area contributed by atoms with Crippen molar-refractivity contribution in [2.75, 3.05) is 19.5 Å². The van der Waals surface area contributed by atoms with E-state index in [2.05, 4.69) is 18.0 Å². The normalized spacial score (nSPS) is 10.6. The number of aromatic nitrogens is 1. The maximum Gasteiger partial charge on any atom is 0.142 e. The summed E-state index contributed by atoms with van der Waals surface area (Å²) >= 11 is 0. The van der Waals surface area contributed by atoms with E-state index in [-0.39, 0.29) is 5.82 Å². The first-order valence-electron chi connectivity index (χ1n) is 11.7. The number of hydrogen-bond acceptors (Lipinski definition) is 5. The van der Waals surface area contributed by atoms with Crippen LogP contribution in [0.25, 0.3) is 22.3 Å². The highest BCUT2D eigenvalue weighted by atomic mass is 16.5. The number of benzene rings is 2. The van der Waals surface area contributed by atoms with Crippen LogP contribution in [-0.2, 0) is 0 Å². The number of methoxy groups -OCH3 is 1. The van der Waals surface area contributed by atoms with E-state index in [0.717, 1.165) is 45.9 Å². The second-order valence-corrected chi connectivity index (χ2v) is 8.19. The third-order valence-electron chi connectivity index (χ3n) is 5.81. The molecular formula is C28H33N3O2. The molecule has 2 aromatic carbocycles. The number of pyridine rings is 1. The van der Waals surface area contributed by atoms with Crippen LogP contribution in [0.5, 0.6) is 11.5 Å². The zero-order valence-corrected chi connectivity index (χ0v) is 19.9. The standard InChI is InChI=1S/C28H33N3O2/c1-4-5-6-7-8-9-18-33-24-16-12-22(13-17-24)27-25(19-29)28(30)31-20(2)26(27)21-10-14-23(32-3)15-11-21/h10-17H,4-9,18H2,1-3H3,(H2,30,31). The molecule has 0 atom stereocenters. The molecule has 1 aromatic heterocycles. The lowest BCUT2D eigenvalue weighted by Crippen LogP contribution is -2.03. The van der Waals surface area contributed by atoms with Crippen LogP contribution < -0.4 is 15.2 Å². The molecule has 3 rings (SSSR count). The van der Waals surface area contributed by atoms with E-state index in [1.807, 2.05) is 55.5 Å². The Kier molecular flexibility index (Phi) is 8.71. The Morgan fingerprint density at radius 1 is 0.848 bits per heavy atom. The molecule has 0 radical (unpaired) electrons. The van der Waals surface area contributed by atoms with Crippen molar-refractivity contribution in [2.24, 2.45) is 0 Å². The first-order chi connectivity index (χ1) is 16.1. The van der Waals surface area contributed by atoms with Crippen LogP contribution in [0.1, 0.15) is 56.7 Å². The number of rotatable bonds is 11. The second-order valence-electron chi connectivity index (χ2n) is 8.19. The summed E-state index contributed by atoms with van der Waals surface area (Å²) in [6.45, 7) is 4.86. The van der Waals surface area contributed by atoms with E-state index in [1.54, 1.807) is 7.11 Å². The summed E-state index contributed by atoms with van der Waals surface area (Å²) < 4.78 is 11.2. The molecule has 0 fully saturated rings. The Morgan fingerprint density at radius 3 is 2.03 bits per heavy atom. The highest BCUT2D eigenvalue weighted by Gasteiger charge is 2.19. The summed E-state index contributed by atoms with van der Waals surface area (Å²) in [5.74, 6) is 1.84. The molecule has 0 unspecified atom stereocenters. The Balaban J connectivity index is 1.85. The van der Waals surface area contributed by atoms with Crippen molar-refractivity contribution in [1.82, 2.24) is 4.98 Å². The van der Waals surface area contributed by atoms with E-state index in [0.29, 0.717) is 12.2 Å². The largest absolute Gasteiger partial charge is 0.497 e. The molecule has 33 heavy (non-hydrogen) atoms. The predicted molar refractivity (Wildman–Crippen MR) is 134 cm³/mol. The summed E-state index contributed by atoms with van der Waals surface area (Å²) in [4.78, 5) is 4.44. The number of unbranched alkanes of at least 4 members (excludes halogenated alkanes) is 5. The molecule has 172 valence electrons. The fourth-order valence-electron chi connectivity index (χ4n) is 4.03. The highest BCUT2D eigenvalue weighted by Crippen LogP contribution is 2.39. The molecule has 0 saturated heterocycles. The van der Waals surface area contributed by atoms with Crippen LogP contribution in [0.2, 0.25) is 0 Å². The molecule has 0 aliphatic rings. The highest BCUT2D eigenvalue weighted by molar-refractivity contribution is 5.91. The van der Waals surface area contributed by atoms with E-state index in [1.165, 1.54) is 32.1 Å². The number of ether oxygens (including phenoxy) is 2. The first kappa shape index (κ1) is 24.1. The zero-order valence-electron chi connectivity index (χ0n) is 19.9. The van der Waals surface area contributed by atoms with Crippen LogP contribution in [-0.4, -0.2) is 18.7 Å². The van der Waals surface area contributed by atoms with Gasteiger partial charge >= 0.3 is 0 Å². The van der Waals surface area contributed by atoms with Crippen molar-refractivity contribution in [3.63, 3.8) is 0 Å². The Hall–Kier alpha value is -3.52. The Bertz CT molecular complexity index is 1080. The monoisotopic (exact) mass is 443 g/mol. The summed E-state index contributed by atoms with van der Waals surface area (Å²) in [5.41, 5.74) is 10.8. The third kappa shape index (κ3) is 6.04. The van der Waals surface area contributed by atoms with Gasteiger partial charge in [-0.1, -0.05) is 63.3 Å². The summed E-state index contributed by atoms with van der Waals surface area (Å²) in [7, 11) is 1.64. The lowest BCUT2D eigenvalue weighted by Gasteiger charge is -2.17. The van der Waals surface area contributed by atoms with Gasteiger partial charge in [-0.05, 0) is 48.7 Å². The van der Waals surface area contributed by atoms with Gasteiger partial charge in [0.25, 0.3) is 0 Å². The van der Waals surface area contributed by atoms with Crippen molar-refractivity contribution in [1.29, 1.82) is 5.26 Å². The third-order valence-corrected chi connectivity index (χ3v) is 5.81. The quantitative estimate of drug-likeness (QED) is 0.325. The zero-order chi connectivity index (χ0) is 23.6. The summed E-state index contributed by atoms with van der Waals surface area (Å²) in [6, 6.07) is 17.9. The summed E-state index contributed by atoms with van der Waals surface area (Å²) in [5, 5.41) is 9.87. The van der Waals surface area contributed by atoms with Crippen LogP contribution >= 0.6 is 0 Å². The SMILES string of the molecule is CCCCCCCCOc1ccc(-c2c(C#N)c(N)nc(C)c2-c2ccc(OC)cc2)cc1. The average Bonchev–Trinajstić information content (AvgIpc) is 2.83. The van der Waals surface area contributed by atoms with Crippen molar-refractivity contribution in [2.45, 2.75) is 52.4 Å². The molecule has 0 amide bonds. The summed E-state index contributed by atoms with van der Waals surface area (Å²) in [6.07, 6.45) is 7.40. The van der Waals surface area contributed by atoms with E-state index < -0.39 is 0 Å². The van der Waals surface area contributed by atoms with E-state index >= 15 is 0 Å². The van der Waals surface area contributed by atoms with Crippen LogP contribution in [0.3, 0.4) is 0 Å². The molecule has 2 N–H and O–H groups in total.